The minimum atomic E-state index is -1.79. The summed E-state index contributed by atoms with van der Waals surface area (Å²) in [6, 6.07) is 9.85. The molecule has 0 unspecified atom stereocenters. The maximum absolute atomic E-state index is 14.5. The van der Waals surface area contributed by atoms with Gasteiger partial charge in [0.2, 0.25) is 11.8 Å². The number of phenolic OH excluding ortho intramolecular Hbond substituents is 1. The number of carbonyl (C=O) groups excluding carboxylic acids is 4. The van der Waals surface area contributed by atoms with Gasteiger partial charge in [0.1, 0.15) is 0 Å². The van der Waals surface area contributed by atoms with Gasteiger partial charge in [-0.25, -0.2) is 4.39 Å². The van der Waals surface area contributed by atoms with Gasteiger partial charge in [-0.1, -0.05) is 35.9 Å². The summed E-state index contributed by atoms with van der Waals surface area (Å²) in [7, 11) is -1.79. The standard InChI is InChI=1S/C29H23BFNO7/c1-13-10-22(33)25-20(26(13)34)12-19-16(23(25)17-6-3-7-21(31)27(17)35)8-9-18-24(19)29(37)32(28(18)36)15-5-2-4-14(11-15)30(38)39/h2-8,10-11,18-19,23-24,35,38-39H,9,12H2,1H3/t18-,19+,23+,24-/m0/s1. The number of carbonyl (C=O) groups is 4. The first-order valence-corrected chi connectivity index (χ1v) is 12.6. The maximum atomic E-state index is 14.5. The summed E-state index contributed by atoms with van der Waals surface area (Å²) in [4.78, 5) is 55.0. The van der Waals surface area contributed by atoms with Gasteiger partial charge < -0.3 is 15.2 Å². The number of hydrogen-bond acceptors (Lipinski definition) is 7. The number of para-hydroxylation sites is 1. The highest BCUT2D eigenvalue weighted by Gasteiger charge is 2.57. The summed E-state index contributed by atoms with van der Waals surface area (Å²) in [6.07, 6.45) is 3.24. The number of hydrogen-bond donors (Lipinski definition) is 3. The fourth-order valence-electron chi connectivity index (χ4n) is 6.58. The Balaban J connectivity index is 1.49. The molecule has 0 aromatic heterocycles. The van der Waals surface area contributed by atoms with Crippen LogP contribution in [0.25, 0.3) is 0 Å². The van der Waals surface area contributed by atoms with Crippen LogP contribution >= 0.6 is 0 Å². The van der Waals surface area contributed by atoms with Gasteiger partial charge in [0.05, 0.1) is 17.5 Å². The lowest BCUT2D eigenvalue weighted by molar-refractivity contribution is -0.123. The van der Waals surface area contributed by atoms with Gasteiger partial charge in [-0.2, -0.15) is 0 Å². The molecule has 0 saturated carbocycles. The Morgan fingerprint density at radius 3 is 2.49 bits per heavy atom. The molecule has 1 fully saturated rings. The van der Waals surface area contributed by atoms with Crippen LogP contribution < -0.4 is 10.4 Å². The van der Waals surface area contributed by atoms with Crippen molar-refractivity contribution in [2.45, 2.75) is 25.7 Å². The van der Waals surface area contributed by atoms with E-state index in [0.29, 0.717) is 5.57 Å². The molecule has 3 aliphatic carbocycles. The molecule has 0 spiro atoms. The SMILES string of the molecule is CC1=CC(=O)C2=C(C[C@@H]3C(=CC[C@@H]4C(=O)N(c5cccc(B(O)O)c5)C(=O)[C@@H]43)[C@@H]2c2cccc(F)c2O)C1=O. The number of amides is 2. The lowest BCUT2D eigenvalue weighted by atomic mass is 9.59. The van der Waals surface area contributed by atoms with E-state index in [4.69, 9.17) is 0 Å². The Hall–Kier alpha value is -4.15. The molecule has 196 valence electrons. The average molecular weight is 527 g/mol. The van der Waals surface area contributed by atoms with Crippen LogP contribution in [-0.4, -0.2) is 45.7 Å². The molecule has 10 heteroatoms. The summed E-state index contributed by atoms with van der Waals surface area (Å²) >= 11 is 0. The molecule has 6 rings (SSSR count). The number of nitrogens with zero attached hydrogens (tertiary/aromatic N) is 1. The number of rotatable bonds is 3. The van der Waals surface area contributed by atoms with E-state index in [2.05, 4.69) is 0 Å². The van der Waals surface area contributed by atoms with Crippen molar-refractivity contribution in [3.8, 4) is 5.75 Å². The molecular formula is C29H23BFNO7. The Morgan fingerprint density at radius 1 is 1.00 bits per heavy atom. The van der Waals surface area contributed by atoms with Crippen LogP contribution in [-0.2, 0) is 19.2 Å². The van der Waals surface area contributed by atoms with E-state index in [1.807, 2.05) is 0 Å². The van der Waals surface area contributed by atoms with E-state index in [-0.39, 0.29) is 52.1 Å². The maximum Gasteiger partial charge on any atom is 0.488 e. The fourth-order valence-corrected chi connectivity index (χ4v) is 6.58. The monoisotopic (exact) mass is 527 g/mol. The van der Waals surface area contributed by atoms with E-state index in [9.17, 15) is 38.7 Å². The Labute approximate surface area is 222 Å². The Kier molecular flexibility index (Phi) is 5.78. The molecule has 1 saturated heterocycles. The molecule has 3 N–H and O–H groups in total. The molecule has 1 heterocycles. The molecule has 4 atom stereocenters. The average Bonchev–Trinajstić information content (AvgIpc) is 3.17. The zero-order chi connectivity index (χ0) is 27.7. The topological polar surface area (TPSA) is 132 Å². The first-order chi connectivity index (χ1) is 18.6. The summed E-state index contributed by atoms with van der Waals surface area (Å²) in [5.41, 5.74) is 1.63. The number of fused-ring (bicyclic) bond motifs is 3. The first-order valence-electron chi connectivity index (χ1n) is 12.6. The third kappa shape index (κ3) is 3.66. The molecule has 0 radical (unpaired) electrons. The lowest BCUT2D eigenvalue weighted by Crippen LogP contribution is -2.40. The summed E-state index contributed by atoms with van der Waals surface area (Å²) in [5.74, 6) is -6.43. The van der Waals surface area contributed by atoms with Crippen LogP contribution in [0.15, 0.2) is 76.9 Å². The van der Waals surface area contributed by atoms with E-state index in [0.717, 1.165) is 11.0 Å². The van der Waals surface area contributed by atoms with Crippen LogP contribution in [0.5, 0.6) is 5.75 Å². The number of allylic oxidation sites excluding steroid dienone is 6. The van der Waals surface area contributed by atoms with Crippen molar-refractivity contribution in [2.75, 3.05) is 4.90 Å². The summed E-state index contributed by atoms with van der Waals surface area (Å²) < 4.78 is 14.5. The van der Waals surface area contributed by atoms with Crippen molar-refractivity contribution in [1.29, 1.82) is 0 Å². The first kappa shape index (κ1) is 25.2. The highest BCUT2D eigenvalue weighted by molar-refractivity contribution is 6.58. The fraction of sp³-hybridized carbons (Fsp3) is 0.241. The van der Waals surface area contributed by atoms with E-state index in [1.165, 1.54) is 49.4 Å². The van der Waals surface area contributed by atoms with Gasteiger partial charge in [-0.3, -0.25) is 24.1 Å². The predicted molar refractivity (Wildman–Crippen MR) is 138 cm³/mol. The molecule has 39 heavy (non-hydrogen) atoms. The van der Waals surface area contributed by atoms with Gasteiger partial charge in [-0.15, -0.1) is 0 Å². The highest BCUT2D eigenvalue weighted by Crippen LogP contribution is 2.56. The molecule has 2 aromatic rings. The largest absolute Gasteiger partial charge is 0.505 e. The van der Waals surface area contributed by atoms with Gasteiger partial charge >= 0.3 is 7.12 Å². The van der Waals surface area contributed by atoms with Gasteiger partial charge in [-0.05, 0) is 55.4 Å². The van der Waals surface area contributed by atoms with Crippen molar-refractivity contribution in [3.05, 3.63) is 88.3 Å². The Morgan fingerprint density at radius 2 is 1.74 bits per heavy atom. The minimum absolute atomic E-state index is 0.0485. The quantitative estimate of drug-likeness (QED) is 0.240. The summed E-state index contributed by atoms with van der Waals surface area (Å²) in [5, 5.41) is 29.8. The molecule has 2 amide bonds. The number of aromatic hydroxyl groups is 1. The molecule has 2 aromatic carbocycles. The van der Waals surface area contributed by atoms with E-state index < -0.39 is 60.0 Å². The van der Waals surface area contributed by atoms with Crippen molar-refractivity contribution in [3.63, 3.8) is 0 Å². The number of imide groups is 1. The molecule has 0 bridgehead atoms. The van der Waals surface area contributed by atoms with Crippen LogP contribution in [0.4, 0.5) is 10.1 Å². The molecule has 4 aliphatic rings. The van der Waals surface area contributed by atoms with E-state index in [1.54, 1.807) is 6.08 Å². The second-order valence-electron chi connectivity index (χ2n) is 10.4. The number of Topliss-reactive ketones (excluding diaryl/α,β-unsaturated/α-hetero) is 1. The van der Waals surface area contributed by atoms with Crippen molar-refractivity contribution in [1.82, 2.24) is 0 Å². The molecular weight excluding hydrogens is 504 g/mol. The third-order valence-corrected chi connectivity index (χ3v) is 8.32. The van der Waals surface area contributed by atoms with Crippen molar-refractivity contribution in [2.24, 2.45) is 17.8 Å². The van der Waals surface area contributed by atoms with Gasteiger partial charge in [0, 0.05) is 28.2 Å². The zero-order valence-electron chi connectivity index (χ0n) is 20.8. The van der Waals surface area contributed by atoms with Crippen LogP contribution in [0.1, 0.15) is 31.2 Å². The molecule has 8 nitrogen and oxygen atoms in total. The van der Waals surface area contributed by atoms with Crippen LogP contribution in [0.3, 0.4) is 0 Å². The lowest BCUT2D eigenvalue weighted by Gasteiger charge is -2.42. The van der Waals surface area contributed by atoms with E-state index >= 15 is 0 Å². The third-order valence-electron chi connectivity index (χ3n) is 8.32. The number of ketones is 2. The smallest absolute Gasteiger partial charge is 0.488 e. The highest BCUT2D eigenvalue weighted by atomic mass is 19.1. The number of phenols is 1. The second-order valence-corrected chi connectivity index (χ2v) is 10.4. The Bertz CT molecular complexity index is 1590. The number of halogens is 1. The zero-order valence-corrected chi connectivity index (χ0v) is 20.8. The number of anilines is 1. The predicted octanol–water partition coefficient (Wildman–Crippen LogP) is 1.85. The minimum Gasteiger partial charge on any atom is -0.505 e. The van der Waals surface area contributed by atoms with Gasteiger partial charge in [0.15, 0.2) is 23.1 Å². The number of benzene rings is 2. The van der Waals surface area contributed by atoms with Crippen LogP contribution in [0.2, 0.25) is 0 Å². The normalized spacial score (nSPS) is 26.2. The second kappa shape index (κ2) is 8.96. The van der Waals surface area contributed by atoms with Crippen LogP contribution in [0, 0.1) is 23.6 Å². The van der Waals surface area contributed by atoms with Crippen molar-refractivity contribution < 1.29 is 38.7 Å². The molecule has 1 aliphatic heterocycles. The van der Waals surface area contributed by atoms with Crippen molar-refractivity contribution >= 4 is 41.6 Å². The van der Waals surface area contributed by atoms with Gasteiger partial charge in [0.25, 0.3) is 0 Å². The summed E-state index contributed by atoms with van der Waals surface area (Å²) in [6.45, 7) is 1.53.